The molecule has 3 rings (SSSR count). The van der Waals surface area contributed by atoms with Crippen molar-refractivity contribution in [3.8, 4) is 10.6 Å². The van der Waals surface area contributed by atoms with Gasteiger partial charge >= 0.3 is 0 Å². The smallest absolute Gasteiger partial charge is 0.230 e. The zero-order valence-corrected chi connectivity index (χ0v) is 14.4. The van der Waals surface area contributed by atoms with Gasteiger partial charge in [0.25, 0.3) is 0 Å². The zero-order chi connectivity index (χ0) is 17.8. The van der Waals surface area contributed by atoms with Gasteiger partial charge in [0.05, 0.1) is 17.8 Å². The summed E-state index contributed by atoms with van der Waals surface area (Å²) in [7, 11) is 0. The SMILES string of the molecule is CCc1ccc(-c2nc(CC(=O)Nc3cccc(F)c3F)cs2)cc1. The first kappa shape index (κ1) is 17.2. The summed E-state index contributed by atoms with van der Waals surface area (Å²) in [6, 6.07) is 11.8. The monoisotopic (exact) mass is 358 g/mol. The normalized spacial score (nSPS) is 10.7. The lowest BCUT2D eigenvalue weighted by atomic mass is 10.1. The maximum absolute atomic E-state index is 13.6. The molecule has 128 valence electrons. The van der Waals surface area contributed by atoms with Gasteiger partial charge in [-0.1, -0.05) is 37.3 Å². The number of halogens is 2. The van der Waals surface area contributed by atoms with Gasteiger partial charge in [-0.2, -0.15) is 0 Å². The third-order valence-corrected chi connectivity index (χ3v) is 4.67. The highest BCUT2D eigenvalue weighted by molar-refractivity contribution is 7.13. The number of thiazole rings is 1. The minimum atomic E-state index is -1.06. The minimum Gasteiger partial charge on any atom is -0.323 e. The molecule has 0 radical (unpaired) electrons. The van der Waals surface area contributed by atoms with Gasteiger partial charge in [-0.05, 0) is 24.1 Å². The molecule has 25 heavy (non-hydrogen) atoms. The van der Waals surface area contributed by atoms with Crippen LogP contribution in [0.3, 0.4) is 0 Å². The van der Waals surface area contributed by atoms with Gasteiger partial charge in [0, 0.05) is 10.9 Å². The van der Waals surface area contributed by atoms with Crippen molar-refractivity contribution in [3.05, 3.63) is 70.7 Å². The Balaban J connectivity index is 1.68. The second-order valence-corrected chi connectivity index (χ2v) is 6.38. The molecule has 0 spiro atoms. The van der Waals surface area contributed by atoms with Crippen LogP contribution >= 0.6 is 11.3 Å². The molecule has 0 fully saturated rings. The number of aromatic nitrogens is 1. The summed E-state index contributed by atoms with van der Waals surface area (Å²) in [5.41, 5.74) is 2.66. The first-order valence-corrected chi connectivity index (χ1v) is 8.72. The summed E-state index contributed by atoms with van der Waals surface area (Å²) in [5, 5.41) is 4.99. The van der Waals surface area contributed by atoms with E-state index in [2.05, 4.69) is 29.4 Å². The van der Waals surface area contributed by atoms with Gasteiger partial charge in [-0.25, -0.2) is 13.8 Å². The van der Waals surface area contributed by atoms with Gasteiger partial charge < -0.3 is 5.32 Å². The van der Waals surface area contributed by atoms with Crippen LogP contribution in [0, 0.1) is 11.6 Å². The molecule has 1 aromatic heterocycles. The highest BCUT2D eigenvalue weighted by Gasteiger charge is 2.13. The summed E-state index contributed by atoms with van der Waals surface area (Å²) in [4.78, 5) is 16.5. The van der Waals surface area contributed by atoms with Crippen LogP contribution in [0.2, 0.25) is 0 Å². The van der Waals surface area contributed by atoms with E-state index in [1.165, 1.54) is 29.0 Å². The van der Waals surface area contributed by atoms with Crippen LogP contribution in [-0.4, -0.2) is 10.9 Å². The molecule has 1 N–H and O–H groups in total. The molecular formula is C19H16F2N2OS. The zero-order valence-electron chi connectivity index (χ0n) is 13.6. The Bertz CT molecular complexity index is 891. The molecule has 0 saturated carbocycles. The fraction of sp³-hybridized carbons (Fsp3) is 0.158. The lowest BCUT2D eigenvalue weighted by Gasteiger charge is -2.05. The Labute approximate surface area is 148 Å². The fourth-order valence-electron chi connectivity index (χ4n) is 2.36. The minimum absolute atomic E-state index is 0.000499. The Morgan fingerprint density at radius 2 is 1.92 bits per heavy atom. The lowest BCUT2D eigenvalue weighted by Crippen LogP contribution is -2.16. The van der Waals surface area contributed by atoms with E-state index >= 15 is 0 Å². The third-order valence-electron chi connectivity index (χ3n) is 3.73. The van der Waals surface area contributed by atoms with Crippen molar-refractivity contribution in [2.24, 2.45) is 0 Å². The Kier molecular flexibility index (Phi) is 5.19. The van der Waals surface area contributed by atoms with Crippen LogP contribution in [0.25, 0.3) is 10.6 Å². The second kappa shape index (κ2) is 7.53. The van der Waals surface area contributed by atoms with Crippen molar-refractivity contribution in [1.82, 2.24) is 4.98 Å². The van der Waals surface area contributed by atoms with Crippen molar-refractivity contribution >= 4 is 22.9 Å². The van der Waals surface area contributed by atoms with Crippen LogP contribution in [0.15, 0.2) is 47.8 Å². The molecule has 0 atom stereocenters. The second-order valence-electron chi connectivity index (χ2n) is 5.52. The van der Waals surface area contributed by atoms with Gasteiger partial charge in [0.1, 0.15) is 5.01 Å². The molecule has 0 bridgehead atoms. The quantitative estimate of drug-likeness (QED) is 0.710. The Morgan fingerprint density at radius 1 is 1.16 bits per heavy atom. The average molecular weight is 358 g/mol. The Morgan fingerprint density at radius 3 is 2.64 bits per heavy atom. The van der Waals surface area contributed by atoms with E-state index < -0.39 is 17.5 Å². The van der Waals surface area contributed by atoms with E-state index in [0.717, 1.165) is 23.1 Å². The van der Waals surface area contributed by atoms with Crippen LogP contribution in [0.1, 0.15) is 18.2 Å². The van der Waals surface area contributed by atoms with E-state index in [4.69, 9.17) is 0 Å². The number of nitrogens with zero attached hydrogens (tertiary/aromatic N) is 1. The molecule has 2 aromatic carbocycles. The van der Waals surface area contributed by atoms with Crippen molar-refractivity contribution in [2.45, 2.75) is 19.8 Å². The van der Waals surface area contributed by atoms with Crippen LogP contribution in [0.5, 0.6) is 0 Å². The first-order chi connectivity index (χ1) is 12.1. The number of aryl methyl sites for hydroxylation is 1. The number of benzene rings is 2. The summed E-state index contributed by atoms with van der Waals surface area (Å²) >= 11 is 1.44. The number of anilines is 1. The van der Waals surface area contributed by atoms with Crippen LogP contribution in [-0.2, 0) is 17.6 Å². The van der Waals surface area contributed by atoms with Crippen molar-refractivity contribution in [3.63, 3.8) is 0 Å². The predicted molar refractivity (Wildman–Crippen MR) is 95.6 cm³/mol. The number of carbonyl (C=O) groups is 1. The highest BCUT2D eigenvalue weighted by Crippen LogP contribution is 2.25. The average Bonchev–Trinajstić information content (AvgIpc) is 3.07. The van der Waals surface area contributed by atoms with E-state index in [0.29, 0.717) is 5.69 Å². The molecular weight excluding hydrogens is 342 g/mol. The van der Waals surface area contributed by atoms with E-state index in [9.17, 15) is 13.6 Å². The van der Waals surface area contributed by atoms with Crippen LogP contribution in [0.4, 0.5) is 14.5 Å². The molecule has 3 nitrogen and oxygen atoms in total. The maximum Gasteiger partial charge on any atom is 0.230 e. The number of hydrogen-bond donors (Lipinski definition) is 1. The standard InChI is InChI=1S/C19H16F2N2OS/c1-2-12-6-8-13(9-7-12)19-22-14(11-25-19)10-17(24)23-16-5-3-4-15(20)18(16)21/h3-9,11H,2,10H2,1H3,(H,23,24). The van der Waals surface area contributed by atoms with E-state index in [-0.39, 0.29) is 12.1 Å². The largest absolute Gasteiger partial charge is 0.323 e. The van der Waals surface area contributed by atoms with Gasteiger partial charge in [-0.3, -0.25) is 4.79 Å². The number of rotatable bonds is 5. The number of amides is 1. The molecule has 0 aliphatic rings. The molecule has 3 aromatic rings. The molecule has 1 amide bonds. The molecule has 0 unspecified atom stereocenters. The van der Waals surface area contributed by atoms with Gasteiger partial charge in [0.2, 0.25) is 5.91 Å². The summed E-state index contributed by atoms with van der Waals surface area (Å²) < 4.78 is 26.7. The number of nitrogens with one attached hydrogen (secondary N) is 1. The summed E-state index contributed by atoms with van der Waals surface area (Å²) in [6.07, 6.45) is 0.972. The maximum atomic E-state index is 13.6. The van der Waals surface area contributed by atoms with Crippen molar-refractivity contribution < 1.29 is 13.6 Å². The predicted octanol–water partition coefficient (Wildman–Crippen LogP) is 4.83. The molecule has 1 heterocycles. The van der Waals surface area contributed by atoms with Crippen LogP contribution < -0.4 is 5.32 Å². The lowest BCUT2D eigenvalue weighted by molar-refractivity contribution is -0.115. The molecule has 6 heteroatoms. The molecule has 0 aliphatic carbocycles. The number of carbonyl (C=O) groups excluding carboxylic acids is 1. The number of hydrogen-bond acceptors (Lipinski definition) is 3. The topological polar surface area (TPSA) is 42.0 Å². The molecule has 0 saturated heterocycles. The first-order valence-electron chi connectivity index (χ1n) is 7.84. The van der Waals surface area contributed by atoms with Crippen molar-refractivity contribution in [2.75, 3.05) is 5.32 Å². The van der Waals surface area contributed by atoms with E-state index in [1.807, 2.05) is 12.1 Å². The van der Waals surface area contributed by atoms with Gasteiger partial charge in [0.15, 0.2) is 11.6 Å². The Hall–Kier alpha value is -2.60. The highest BCUT2D eigenvalue weighted by atomic mass is 32.1. The summed E-state index contributed by atoms with van der Waals surface area (Å²) in [5.74, 6) is -2.50. The van der Waals surface area contributed by atoms with E-state index in [1.54, 1.807) is 5.38 Å². The molecule has 0 aliphatic heterocycles. The summed E-state index contributed by atoms with van der Waals surface area (Å²) in [6.45, 7) is 2.09. The third kappa shape index (κ3) is 4.09. The van der Waals surface area contributed by atoms with Gasteiger partial charge in [-0.15, -0.1) is 11.3 Å². The fourth-order valence-corrected chi connectivity index (χ4v) is 3.19. The van der Waals surface area contributed by atoms with Crippen molar-refractivity contribution in [1.29, 1.82) is 0 Å².